The zero-order valence-corrected chi connectivity index (χ0v) is 30.9. The standard InChI is InChI=1S/C48H48O7/c1-35-27-28-43(54-34-40-25-15-6-16-26-40)41(29-35)48(53)47(52,33-39-23-13-5-14-24-39)46(51,32-38-21-11-4-12-22-38)45(50,31-37-19-9-3-10-20-37)44(55-48)42(49)30-36-17-7-2-8-18-36/h2-29,42,44,49-53H,30-34H2,1H3/t42?,44-,45-,46+,47-,48+/m1/s1. The lowest BCUT2D eigenvalue weighted by Crippen LogP contribution is -2.85. The van der Waals surface area contributed by atoms with Gasteiger partial charge in [-0.25, -0.2) is 0 Å². The predicted molar refractivity (Wildman–Crippen MR) is 212 cm³/mol. The van der Waals surface area contributed by atoms with E-state index in [4.69, 9.17) is 9.47 Å². The molecule has 1 heterocycles. The van der Waals surface area contributed by atoms with Gasteiger partial charge in [-0.1, -0.05) is 163 Å². The highest BCUT2D eigenvalue weighted by molar-refractivity contribution is 5.46. The first-order valence-electron chi connectivity index (χ1n) is 18.7. The average molecular weight is 737 g/mol. The lowest BCUT2D eigenvalue weighted by atomic mass is 9.55. The number of rotatable bonds is 13. The zero-order chi connectivity index (χ0) is 38.5. The monoisotopic (exact) mass is 736 g/mol. The summed E-state index contributed by atoms with van der Waals surface area (Å²) >= 11 is 0. The molecule has 0 saturated carbocycles. The summed E-state index contributed by atoms with van der Waals surface area (Å²) in [6, 6.07) is 51.3. The Labute approximate surface area is 322 Å². The lowest BCUT2D eigenvalue weighted by molar-refractivity contribution is -0.453. The van der Waals surface area contributed by atoms with Crippen LogP contribution in [0.2, 0.25) is 0 Å². The number of benzene rings is 6. The highest BCUT2D eigenvalue weighted by Crippen LogP contribution is 2.58. The van der Waals surface area contributed by atoms with Gasteiger partial charge in [0.15, 0.2) is 5.60 Å². The summed E-state index contributed by atoms with van der Waals surface area (Å²) in [4.78, 5) is 0. The van der Waals surface area contributed by atoms with Crippen molar-refractivity contribution in [2.45, 2.75) is 74.0 Å². The van der Waals surface area contributed by atoms with Crippen molar-refractivity contribution >= 4 is 0 Å². The van der Waals surface area contributed by atoms with Gasteiger partial charge in [0.25, 0.3) is 0 Å². The molecule has 0 aromatic heterocycles. The van der Waals surface area contributed by atoms with Gasteiger partial charge in [-0.05, 0) is 46.9 Å². The molecule has 7 nitrogen and oxygen atoms in total. The Morgan fingerprint density at radius 2 is 0.982 bits per heavy atom. The third kappa shape index (κ3) is 7.48. The quantitative estimate of drug-likeness (QED) is 0.0902. The first-order valence-corrected chi connectivity index (χ1v) is 18.7. The Hall–Kier alpha value is -5.12. The van der Waals surface area contributed by atoms with Crippen LogP contribution in [0.3, 0.4) is 0 Å². The number of aliphatic hydroxyl groups excluding tert-OH is 1. The molecule has 1 aliphatic rings. The molecular formula is C48H48O7. The largest absolute Gasteiger partial charge is 0.488 e. The Balaban J connectivity index is 1.49. The van der Waals surface area contributed by atoms with E-state index in [9.17, 15) is 25.5 Å². The van der Waals surface area contributed by atoms with Gasteiger partial charge in [0.1, 0.15) is 29.7 Å². The molecule has 7 rings (SSSR count). The van der Waals surface area contributed by atoms with Gasteiger partial charge >= 0.3 is 0 Å². The Bertz CT molecular complexity index is 2130. The lowest BCUT2D eigenvalue weighted by Gasteiger charge is -2.65. The molecule has 0 spiro atoms. The smallest absolute Gasteiger partial charge is 0.229 e. The van der Waals surface area contributed by atoms with Gasteiger partial charge < -0.3 is 35.0 Å². The van der Waals surface area contributed by atoms with Crippen LogP contribution in [0.5, 0.6) is 5.75 Å². The van der Waals surface area contributed by atoms with Crippen LogP contribution in [0.25, 0.3) is 0 Å². The number of ether oxygens (including phenoxy) is 2. The van der Waals surface area contributed by atoms with E-state index in [0.29, 0.717) is 16.7 Å². The second-order valence-corrected chi connectivity index (χ2v) is 14.8. The average Bonchev–Trinajstić information content (AvgIpc) is 3.20. The molecule has 282 valence electrons. The number of aliphatic hydroxyl groups is 5. The van der Waals surface area contributed by atoms with E-state index in [0.717, 1.165) is 16.7 Å². The first-order chi connectivity index (χ1) is 26.5. The van der Waals surface area contributed by atoms with E-state index in [2.05, 4.69) is 0 Å². The van der Waals surface area contributed by atoms with Crippen molar-refractivity contribution in [3.8, 4) is 5.75 Å². The van der Waals surface area contributed by atoms with Gasteiger partial charge in [0, 0.05) is 25.7 Å². The second-order valence-electron chi connectivity index (χ2n) is 14.8. The van der Waals surface area contributed by atoms with Crippen LogP contribution >= 0.6 is 0 Å². The van der Waals surface area contributed by atoms with E-state index in [-0.39, 0.29) is 43.6 Å². The maximum Gasteiger partial charge on any atom is 0.229 e. The predicted octanol–water partition coefficient (Wildman–Crippen LogP) is 6.64. The first kappa shape index (κ1) is 38.2. The van der Waals surface area contributed by atoms with Crippen molar-refractivity contribution in [2.75, 3.05) is 0 Å². The van der Waals surface area contributed by atoms with E-state index in [1.807, 2.05) is 128 Å². The fourth-order valence-corrected chi connectivity index (χ4v) is 8.17. The summed E-state index contributed by atoms with van der Waals surface area (Å²) in [6.07, 6.45) is -3.99. The van der Waals surface area contributed by atoms with Gasteiger partial charge in [0.2, 0.25) is 5.79 Å². The topological polar surface area (TPSA) is 120 Å². The fourth-order valence-electron chi connectivity index (χ4n) is 8.17. The van der Waals surface area contributed by atoms with E-state index in [1.165, 1.54) is 0 Å². The van der Waals surface area contributed by atoms with Crippen molar-refractivity contribution in [3.05, 3.63) is 209 Å². The van der Waals surface area contributed by atoms with Crippen molar-refractivity contribution in [1.82, 2.24) is 0 Å². The molecule has 0 amide bonds. The molecule has 0 radical (unpaired) electrons. The van der Waals surface area contributed by atoms with E-state index < -0.39 is 34.8 Å². The summed E-state index contributed by atoms with van der Waals surface area (Å²) in [5.74, 6) is -2.56. The third-order valence-corrected chi connectivity index (χ3v) is 11.0. The SMILES string of the molecule is Cc1ccc(OCc2ccccc2)c([C@]2(O)O[C@H](C(O)Cc3ccccc3)[C@](O)(Cc3ccccc3)[C@@](O)(Cc3ccccc3)[C@]2(O)Cc2ccccc2)c1. The van der Waals surface area contributed by atoms with Crippen LogP contribution in [0.4, 0.5) is 0 Å². The molecule has 1 saturated heterocycles. The van der Waals surface area contributed by atoms with Gasteiger partial charge in [-0.15, -0.1) is 0 Å². The van der Waals surface area contributed by atoms with Crippen LogP contribution in [0, 0.1) is 6.92 Å². The normalized spacial score (nSPS) is 25.6. The van der Waals surface area contributed by atoms with Crippen LogP contribution in [0.1, 0.15) is 38.9 Å². The molecule has 6 atom stereocenters. The van der Waals surface area contributed by atoms with Crippen LogP contribution in [0.15, 0.2) is 170 Å². The molecule has 1 unspecified atom stereocenters. The molecule has 7 heteroatoms. The minimum atomic E-state index is -2.77. The maximum absolute atomic E-state index is 13.8. The van der Waals surface area contributed by atoms with Crippen molar-refractivity contribution in [3.63, 3.8) is 0 Å². The maximum atomic E-state index is 13.8. The molecule has 55 heavy (non-hydrogen) atoms. The minimum absolute atomic E-state index is 0.0163. The minimum Gasteiger partial charge on any atom is -0.488 e. The molecule has 1 aliphatic heterocycles. The van der Waals surface area contributed by atoms with Gasteiger partial charge in [-0.3, -0.25) is 0 Å². The Morgan fingerprint density at radius 3 is 1.49 bits per heavy atom. The molecule has 1 fully saturated rings. The third-order valence-electron chi connectivity index (χ3n) is 11.0. The van der Waals surface area contributed by atoms with Gasteiger partial charge in [0.05, 0.1) is 11.7 Å². The van der Waals surface area contributed by atoms with E-state index >= 15 is 0 Å². The molecular weight excluding hydrogens is 689 g/mol. The molecule has 0 bridgehead atoms. The highest BCUT2D eigenvalue weighted by atomic mass is 16.7. The van der Waals surface area contributed by atoms with E-state index in [1.54, 1.807) is 48.5 Å². The van der Waals surface area contributed by atoms with Crippen molar-refractivity contribution < 1.29 is 35.0 Å². The summed E-state index contributed by atoms with van der Waals surface area (Å²) in [5.41, 5.74) is -3.48. The van der Waals surface area contributed by atoms with Crippen LogP contribution < -0.4 is 4.74 Å². The zero-order valence-electron chi connectivity index (χ0n) is 30.9. The van der Waals surface area contributed by atoms with Crippen LogP contribution in [-0.4, -0.2) is 54.5 Å². The number of hydrogen-bond acceptors (Lipinski definition) is 7. The Kier molecular flexibility index (Phi) is 11.1. The summed E-state index contributed by atoms with van der Waals surface area (Å²) in [7, 11) is 0. The molecule has 6 aromatic carbocycles. The fraction of sp³-hybridized carbons (Fsp3) is 0.250. The van der Waals surface area contributed by atoms with Crippen molar-refractivity contribution in [2.24, 2.45) is 0 Å². The summed E-state index contributed by atoms with van der Waals surface area (Å²) in [5, 5.41) is 67.1. The summed E-state index contributed by atoms with van der Waals surface area (Å²) in [6.45, 7) is 1.98. The second kappa shape index (κ2) is 15.9. The van der Waals surface area contributed by atoms with Crippen molar-refractivity contribution in [1.29, 1.82) is 0 Å². The Morgan fingerprint density at radius 1 is 0.545 bits per heavy atom. The molecule has 0 aliphatic carbocycles. The molecule has 5 N–H and O–H groups in total. The van der Waals surface area contributed by atoms with Crippen LogP contribution in [-0.2, 0) is 42.8 Å². The number of hydrogen-bond donors (Lipinski definition) is 5. The highest BCUT2D eigenvalue weighted by Gasteiger charge is 2.78. The van der Waals surface area contributed by atoms with Gasteiger partial charge in [-0.2, -0.15) is 0 Å². The molecule has 6 aromatic rings. The number of aryl methyl sites for hydroxylation is 1. The summed E-state index contributed by atoms with van der Waals surface area (Å²) < 4.78 is 13.2.